The number of rotatable bonds is 3. The smallest absolute Gasteiger partial charge is 0.231 e. The van der Waals surface area contributed by atoms with Crippen molar-refractivity contribution in [1.82, 2.24) is 15.5 Å². The van der Waals surface area contributed by atoms with Crippen LogP contribution in [0.5, 0.6) is 0 Å². The van der Waals surface area contributed by atoms with E-state index in [2.05, 4.69) is 22.4 Å². The van der Waals surface area contributed by atoms with Crippen molar-refractivity contribution in [1.29, 1.82) is 0 Å². The van der Waals surface area contributed by atoms with Crippen molar-refractivity contribution in [3.8, 4) is 0 Å². The molecule has 0 spiro atoms. The average molecular weight is 211 g/mol. The largest absolute Gasteiger partial charge is 0.374 e. The first kappa shape index (κ1) is 10.6. The molecule has 1 saturated heterocycles. The molecule has 0 aliphatic carbocycles. The minimum Gasteiger partial charge on any atom is -0.374 e. The van der Waals surface area contributed by atoms with E-state index < -0.39 is 0 Å². The number of hydrogen-bond acceptors (Lipinski definition) is 5. The minimum absolute atomic E-state index is 0.104. The molecule has 84 valence electrons. The SMILES string of the molecule is COC(C)c1noc([C@@H]2CNC[C@H]2C)n1. The van der Waals surface area contributed by atoms with Crippen molar-refractivity contribution in [3.05, 3.63) is 11.7 Å². The minimum atomic E-state index is -0.104. The Bertz CT molecular complexity index is 326. The number of methoxy groups -OCH3 is 1. The van der Waals surface area contributed by atoms with Gasteiger partial charge in [0.2, 0.25) is 5.89 Å². The van der Waals surface area contributed by atoms with Gasteiger partial charge in [0, 0.05) is 13.7 Å². The van der Waals surface area contributed by atoms with Crippen molar-refractivity contribution in [3.63, 3.8) is 0 Å². The van der Waals surface area contributed by atoms with E-state index in [4.69, 9.17) is 9.26 Å². The number of nitrogens with zero attached hydrogens (tertiary/aromatic N) is 2. The molecule has 0 aromatic carbocycles. The summed E-state index contributed by atoms with van der Waals surface area (Å²) < 4.78 is 10.4. The first-order valence-electron chi connectivity index (χ1n) is 5.29. The molecular weight excluding hydrogens is 194 g/mol. The molecule has 15 heavy (non-hydrogen) atoms. The average Bonchev–Trinajstić information content (AvgIpc) is 2.84. The summed E-state index contributed by atoms with van der Waals surface area (Å²) in [6, 6.07) is 0. The Balaban J connectivity index is 2.12. The molecule has 0 amide bonds. The molecule has 5 heteroatoms. The van der Waals surface area contributed by atoms with Crippen LogP contribution in [0.25, 0.3) is 0 Å². The Labute approximate surface area is 89.2 Å². The lowest BCUT2D eigenvalue weighted by Crippen LogP contribution is -2.08. The molecule has 0 bridgehead atoms. The van der Waals surface area contributed by atoms with Gasteiger partial charge >= 0.3 is 0 Å². The van der Waals surface area contributed by atoms with Crippen molar-refractivity contribution in [2.45, 2.75) is 25.9 Å². The number of ether oxygens (including phenoxy) is 1. The maximum Gasteiger partial charge on any atom is 0.231 e. The zero-order valence-electron chi connectivity index (χ0n) is 9.36. The Kier molecular flexibility index (Phi) is 3.02. The predicted molar refractivity (Wildman–Crippen MR) is 54.5 cm³/mol. The summed E-state index contributed by atoms with van der Waals surface area (Å²) in [5.74, 6) is 2.25. The van der Waals surface area contributed by atoms with Crippen LogP contribution in [0.4, 0.5) is 0 Å². The maximum atomic E-state index is 5.26. The lowest BCUT2D eigenvalue weighted by molar-refractivity contribution is 0.109. The van der Waals surface area contributed by atoms with Gasteiger partial charge < -0.3 is 14.6 Å². The van der Waals surface area contributed by atoms with Crippen LogP contribution in [0, 0.1) is 5.92 Å². The third kappa shape index (κ3) is 2.03. The molecule has 2 heterocycles. The Morgan fingerprint density at radius 2 is 2.33 bits per heavy atom. The lowest BCUT2D eigenvalue weighted by Gasteiger charge is -2.07. The molecule has 1 aliphatic rings. The van der Waals surface area contributed by atoms with Gasteiger partial charge in [0.25, 0.3) is 0 Å². The van der Waals surface area contributed by atoms with Crippen LogP contribution in [0.2, 0.25) is 0 Å². The maximum absolute atomic E-state index is 5.26. The molecule has 0 saturated carbocycles. The van der Waals surface area contributed by atoms with Gasteiger partial charge in [-0.2, -0.15) is 4.98 Å². The van der Waals surface area contributed by atoms with E-state index in [1.807, 2.05) is 6.92 Å². The first-order valence-corrected chi connectivity index (χ1v) is 5.29. The second-order valence-corrected chi connectivity index (χ2v) is 4.11. The van der Waals surface area contributed by atoms with Crippen LogP contribution in [-0.4, -0.2) is 30.3 Å². The van der Waals surface area contributed by atoms with Crippen LogP contribution in [0.1, 0.15) is 37.6 Å². The molecular formula is C10H17N3O2. The standard InChI is InChI=1S/C10H17N3O2/c1-6-4-11-5-8(6)10-12-9(13-15-10)7(2)14-3/h6-8,11H,4-5H2,1-3H3/t6-,7?,8-/m1/s1. The quantitative estimate of drug-likeness (QED) is 0.811. The van der Waals surface area contributed by atoms with Gasteiger partial charge in [-0.25, -0.2) is 0 Å². The monoisotopic (exact) mass is 211 g/mol. The van der Waals surface area contributed by atoms with Crippen LogP contribution < -0.4 is 5.32 Å². The van der Waals surface area contributed by atoms with E-state index in [1.165, 1.54) is 0 Å². The summed E-state index contributed by atoms with van der Waals surface area (Å²) in [6.45, 7) is 6.03. The first-order chi connectivity index (χ1) is 7.22. The molecule has 0 radical (unpaired) electrons. The van der Waals surface area contributed by atoms with E-state index >= 15 is 0 Å². The Morgan fingerprint density at radius 1 is 1.53 bits per heavy atom. The van der Waals surface area contributed by atoms with Crippen LogP contribution >= 0.6 is 0 Å². The van der Waals surface area contributed by atoms with E-state index in [0.717, 1.165) is 19.0 Å². The molecule has 1 aromatic rings. The van der Waals surface area contributed by atoms with Gasteiger partial charge in [0.1, 0.15) is 6.10 Å². The van der Waals surface area contributed by atoms with E-state index in [9.17, 15) is 0 Å². The highest BCUT2D eigenvalue weighted by molar-refractivity contribution is 5.01. The fourth-order valence-corrected chi connectivity index (χ4v) is 1.81. The zero-order valence-corrected chi connectivity index (χ0v) is 9.36. The van der Waals surface area contributed by atoms with Gasteiger partial charge in [-0.15, -0.1) is 0 Å². The molecule has 3 atom stereocenters. The van der Waals surface area contributed by atoms with Gasteiger partial charge in [-0.1, -0.05) is 12.1 Å². The van der Waals surface area contributed by atoms with Gasteiger partial charge in [0.15, 0.2) is 5.82 Å². The summed E-state index contributed by atoms with van der Waals surface area (Å²) in [5.41, 5.74) is 0. The van der Waals surface area contributed by atoms with Crippen molar-refractivity contribution < 1.29 is 9.26 Å². The van der Waals surface area contributed by atoms with Gasteiger partial charge in [-0.3, -0.25) is 0 Å². The third-order valence-electron chi connectivity index (χ3n) is 3.01. The van der Waals surface area contributed by atoms with Gasteiger partial charge in [-0.05, 0) is 19.4 Å². The molecule has 2 rings (SSSR count). The summed E-state index contributed by atoms with van der Waals surface area (Å²) in [4.78, 5) is 4.37. The van der Waals surface area contributed by atoms with E-state index in [0.29, 0.717) is 17.7 Å². The van der Waals surface area contributed by atoms with Gasteiger partial charge in [0.05, 0.1) is 5.92 Å². The van der Waals surface area contributed by atoms with E-state index in [1.54, 1.807) is 7.11 Å². The third-order valence-corrected chi connectivity index (χ3v) is 3.01. The van der Waals surface area contributed by atoms with Crippen molar-refractivity contribution >= 4 is 0 Å². The second kappa shape index (κ2) is 4.28. The highest BCUT2D eigenvalue weighted by Gasteiger charge is 2.30. The van der Waals surface area contributed by atoms with E-state index in [-0.39, 0.29) is 6.10 Å². The van der Waals surface area contributed by atoms with Crippen LogP contribution in [0.3, 0.4) is 0 Å². The molecule has 1 fully saturated rings. The Morgan fingerprint density at radius 3 is 2.93 bits per heavy atom. The summed E-state index contributed by atoms with van der Waals surface area (Å²) in [6.07, 6.45) is -0.104. The molecule has 1 unspecified atom stereocenters. The van der Waals surface area contributed by atoms with Crippen molar-refractivity contribution in [2.75, 3.05) is 20.2 Å². The van der Waals surface area contributed by atoms with Crippen molar-refractivity contribution in [2.24, 2.45) is 5.92 Å². The summed E-state index contributed by atoms with van der Waals surface area (Å²) in [7, 11) is 1.64. The Hall–Kier alpha value is -0.940. The summed E-state index contributed by atoms with van der Waals surface area (Å²) in [5, 5.41) is 7.24. The zero-order chi connectivity index (χ0) is 10.8. The second-order valence-electron chi connectivity index (χ2n) is 4.11. The highest BCUT2D eigenvalue weighted by Crippen LogP contribution is 2.27. The number of aromatic nitrogens is 2. The molecule has 1 N–H and O–H groups in total. The fraction of sp³-hybridized carbons (Fsp3) is 0.800. The van der Waals surface area contributed by atoms with Crippen LogP contribution in [-0.2, 0) is 4.74 Å². The number of nitrogens with one attached hydrogen (secondary N) is 1. The molecule has 1 aromatic heterocycles. The predicted octanol–water partition coefficient (Wildman–Crippen LogP) is 1.10. The topological polar surface area (TPSA) is 60.2 Å². The van der Waals surface area contributed by atoms with Crippen LogP contribution in [0.15, 0.2) is 4.52 Å². The summed E-state index contributed by atoms with van der Waals surface area (Å²) >= 11 is 0. The highest BCUT2D eigenvalue weighted by atomic mass is 16.5. The fourth-order valence-electron chi connectivity index (χ4n) is 1.81. The normalized spacial score (nSPS) is 28.2. The molecule has 5 nitrogen and oxygen atoms in total. The lowest BCUT2D eigenvalue weighted by atomic mass is 9.98. The molecule has 1 aliphatic heterocycles. The number of hydrogen-bond donors (Lipinski definition) is 1.